The molecule has 0 saturated carbocycles. The number of carbonyl (C=O) groups is 2. The zero-order chi connectivity index (χ0) is 26.8. The van der Waals surface area contributed by atoms with Crippen molar-refractivity contribution in [2.75, 3.05) is 16.0 Å². The van der Waals surface area contributed by atoms with Crippen LogP contribution >= 0.6 is 34.7 Å². The lowest BCUT2D eigenvalue weighted by Gasteiger charge is -2.38. The van der Waals surface area contributed by atoms with Gasteiger partial charge in [-0.3, -0.25) is 14.5 Å². The van der Waals surface area contributed by atoms with Crippen molar-refractivity contribution in [1.82, 2.24) is 10.2 Å². The molecule has 11 heteroatoms. The number of nitriles is 1. The second-order valence-corrected chi connectivity index (χ2v) is 11.5. The Bertz CT molecular complexity index is 1510. The molecule has 2 aliphatic rings. The standard InChI is InChI=1S/C27H23ClN6O2S2/c1-15-5-7-16(8-6-15)23-19(13-29)25(30)34(20-3-2-4-21(35)24(20)23)26-32-33-27(38-26)37-14-22(36)31-18-11-9-17(28)10-12-18/h5-12,23H,2-4,14,30H2,1H3,(H,31,36). The predicted molar refractivity (Wildman–Crippen MR) is 150 cm³/mol. The number of Topliss-reactive ketones (excluding diaryl/α,β-unsaturated/α-hetero) is 1. The number of hydrogen-bond donors (Lipinski definition) is 2. The highest BCUT2D eigenvalue weighted by atomic mass is 35.5. The van der Waals surface area contributed by atoms with Gasteiger partial charge in [0, 0.05) is 28.4 Å². The molecular formula is C27H23ClN6O2S2. The second kappa shape index (κ2) is 11.0. The van der Waals surface area contributed by atoms with E-state index in [0.717, 1.165) is 16.8 Å². The van der Waals surface area contributed by atoms with E-state index in [2.05, 4.69) is 21.6 Å². The minimum absolute atomic E-state index is 0.0139. The molecule has 1 atom stereocenters. The SMILES string of the molecule is Cc1ccc(C2C(C#N)=C(N)N(c3nnc(SCC(=O)Nc4ccc(Cl)cc4)s3)C3=C2C(=O)CCC3)cc1. The number of hydrogen-bond acceptors (Lipinski definition) is 9. The zero-order valence-electron chi connectivity index (χ0n) is 20.4. The van der Waals surface area contributed by atoms with E-state index in [4.69, 9.17) is 17.3 Å². The summed E-state index contributed by atoms with van der Waals surface area (Å²) in [6.07, 6.45) is 1.75. The molecule has 38 heavy (non-hydrogen) atoms. The Kier molecular flexibility index (Phi) is 7.51. The van der Waals surface area contributed by atoms with Crippen molar-refractivity contribution in [2.24, 2.45) is 5.73 Å². The number of benzene rings is 2. The first-order valence-corrected chi connectivity index (χ1v) is 14.1. The number of amides is 1. The number of aromatic nitrogens is 2. The Balaban J connectivity index is 1.41. The third kappa shape index (κ3) is 5.18. The first-order chi connectivity index (χ1) is 18.4. The summed E-state index contributed by atoms with van der Waals surface area (Å²) in [7, 11) is 0. The Hall–Kier alpha value is -3.65. The van der Waals surface area contributed by atoms with E-state index >= 15 is 0 Å². The van der Waals surface area contributed by atoms with Gasteiger partial charge in [0.05, 0.1) is 23.3 Å². The number of rotatable bonds is 6. The van der Waals surface area contributed by atoms with Crippen LogP contribution < -0.4 is 16.0 Å². The fourth-order valence-corrected chi connectivity index (χ4v) is 6.41. The van der Waals surface area contributed by atoms with Gasteiger partial charge in [0.1, 0.15) is 5.82 Å². The largest absolute Gasteiger partial charge is 0.384 e. The van der Waals surface area contributed by atoms with Crippen LogP contribution in [0.2, 0.25) is 5.02 Å². The van der Waals surface area contributed by atoms with Crippen LogP contribution in [0.5, 0.6) is 0 Å². The average Bonchev–Trinajstić information content (AvgIpc) is 3.37. The summed E-state index contributed by atoms with van der Waals surface area (Å²) in [6, 6.07) is 17.0. The molecule has 1 aromatic heterocycles. The lowest BCUT2D eigenvalue weighted by Crippen LogP contribution is -2.38. The van der Waals surface area contributed by atoms with E-state index in [0.29, 0.717) is 50.6 Å². The summed E-state index contributed by atoms with van der Waals surface area (Å²) in [5, 5.41) is 22.6. The van der Waals surface area contributed by atoms with E-state index < -0.39 is 5.92 Å². The molecule has 0 fully saturated rings. The maximum Gasteiger partial charge on any atom is 0.234 e. The number of nitrogens with two attached hydrogens (primary N) is 1. The third-order valence-electron chi connectivity index (χ3n) is 6.37. The van der Waals surface area contributed by atoms with E-state index in [1.807, 2.05) is 31.2 Å². The Morgan fingerprint density at radius 1 is 1.21 bits per heavy atom. The molecule has 192 valence electrons. The monoisotopic (exact) mass is 562 g/mol. The number of anilines is 2. The number of nitrogens with zero attached hydrogens (tertiary/aromatic N) is 4. The van der Waals surface area contributed by atoms with Crippen LogP contribution in [0.25, 0.3) is 0 Å². The van der Waals surface area contributed by atoms with Gasteiger partial charge in [0.15, 0.2) is 10.1 Å². The fourth-order valence-electron chi connectivity index (χ4n) is 4.61. The first kappa shape index (κ1) is 26.0. The van der Waals surface area contributed by atoms with E-state index in [1.165, 1.54) is 23.1 Å². The van der Waals surface area contributed by atoms with Crippen molar-refractivity contribution in [1.29, 1.82) is 5.26 Å². The summed E-state index contributed by atoms with van der Waals surface area (Å²) in [6.45, 7) is 1.99. The van der Waals surface area contributed by atoms with Gasteiger partial charge in [-0.2, -0.15) is 5.26 Å². The highest BCUT2D eigenvalue weighted by Gasteiger charge is 2.41. The van der Waals surface area contributed by atoms with Gasteiger partial charge >= 0.3 is 0 Å². The molecule has 0 radical (unpaired) electrons. The van der Waals surface area contributed by atoms with Gasteiger partial charge in [-0.25, -0.2) is 0 Å². The summed E-state index contributed by atoms with van der Waals surface area (Å²) >= 11 is 8.40. The number of allylic oxidation sites excluding steroid dienone is 3. The maximum atomic E-state index is 13.2. The number of aryl methyl sites for hydroxylation is 1. The minimum Gasteiger partial charge on any atom is -0.384 e. The summed E-state index contributed by atoms with van der Waals surface area (Å²) in [5.41, 5.74) is 10.9. The second-order valence-electron chi connectivity index (χ2n) is 8.92. The van der Waals surface area contributed by atoms with E-state index in [1.54, 1.807) is 29.2 Å². The summed E-state index contributed by atoms with van der Waals surface area (Å²) < 4.78 is 0.572. The zero-order valence-corrected chi connectivity index (χ0v) is 22.8. The van der Waals surface area contributed by atoms with Crippen LogP contribution in [-0.2, 0) is 9.59 Å². The Morgan fingerprint density at radius 2 is 1.95 bits per heavy atom. The lowest BCUT2D eigenvalue weighted by atomic mass is 9.75. The molecular weight excluding hydrogens is 540 g/mol. The molecule has 8 nitrogen and oxygen atoms in total. The van der Waals surface area contributed by atoms with Crippen molar-refractivity contribution in [3.05, 3.63) is 87.3 Å². The summed E-state index contributed by atoms with van der Waals surface area (Å²) in [5.74, 6) is -0.312. The van der Waals surface area contributed by atoms with Gasteiger partial charge in [0.25, 0.3) is 0 Å². The Morgan fingerprint density at radius 3 is 2.66 bits per heavy atom. The predicted octanol–water partition coefficient (Wildman–Crippen LogP) is 5.54. The lowest BCUT2D eigenvalue weighted by molar-refractivity contribution is -0.116. The van der Waals surface area contributed by atoms with Crippen molar-refractivity contribution in [3.63, 3.8) is 0 Å². The van der Waals surface area contributed by atoms with Crippen LogP contribution in [0.15, 0.2) is 75.5 Å². The van der Waals surface area contributed by atoms with Crippen LogP contribution in [-0.4, -0.2) is 27.6 Å². The van der Waals surface area contributed by atoms with Crippen LogP contribution in [0.1, 0.15) is 36.3 Å². The van der Waals surface area contributed by atoms with Crippen molar-refractivity contribution < 1.29 is 9.59 Å². The molecule has 1 unspecified atom stereocenters. The molecule has 2 heterocycles. The summed E-state index contributed by atoms with van der Waals surface area (Å²) in [4.78, 5) is 27.3. The number of halogens is 1. The number of carbonyl (C=O) groups excluding carboxylic acids is 2. The molecule has 1 aliphatic heterocycles. The molecule has 1 amide bonds. The van der Waals surface area contributed by atoms with Crippen LogP contribution in [0.3, 0.4) is 0 Å². The number of thioether (sulfide) groups is 1. The third-order valence-corrected chi connectivity index (χ3v) is 8.66. The van der Waals surface area contributed by atoms with Crippen molar-refractivity contribution in [3.8, 4) is 6.07 Å². The van der Waals surface area contributed by atoms with Crippen molar-refractivity contribution in [2.45, 2.75) is 36.4 Å². The molecule has 3 aromatic rings. The molecule has 2 aromatic carbocycles. The number of ketones is 1. The molecule has 0 saturated heterocycles. The average molecular weight is 563 g/mol. The molecule has 0 bridgehead atoms. The van der Waals surface area contributed by atoms with Gasteiger partial charge < -0.3 is 11.1 Å². The van der Waals surface area contributed by atoms with E-state index in [9.17, 15) is 14.9 Å². The molecule has 5 rings (SSSR count). The highest BCUT2D eigenvalue weighted by Crippen LogP contribution is 2.47. The number of nitrogens with one attached hydrogen (secondary N) is 1. The molecule has 0 spiro atoms. The van der Waals surface area contributed by atoms with E-state index in [-0.39, 0.29) is 23.3 Å². The molecule has 1 aliphatic carbocycles. The van der Waals surface area contributed by atoms with Gasteiger partial charge in [0.2, 0.25) is 11.0 Å². The normalized spacial score (nSPS) is 17.3. The van der Waals surface area contributed by atoms with Crippen LogP contribution in [0.4, 0.5) is 10.8 Å². The maximum absolute atomic E-state index is 13.2. The Labute approximate surface area is 233 Å². The highest BCUT2D eigenvalue weighted by molar-refractivity contribution is 8.01. The topological polar surface area (TPSA) is 125 Å². The fraction of sp³-hybridized carbons (Fsp3) is 0.222. The van der Waals surface area contributed by atoms with Gasteiger partial charge in [-0.15, -0.1) is 10.2 Å². The van der Waals surface area contributed by atoms with Gasteiger partial charge in [-0.1, -0.05) is 64.5 Å². The smallest absolute Gasteiger partial charge is 0.234 e. The van der Waals surface area contributed by atoms with Crippen molar-refractivity contribution >= 4 is 57.2 Å². The quantitative estimate of drug-likeness (QED) is 0.375. The van der Waals surface area contributed by atoms with Gasteiger partial charge in [-0.05, 0) is 49.6 Å². The van der Waals surface area contributed by atoms with Crippen LogP contribution in [0, 0.1) is 18.3 Å². The molecule has 3 N–H and O–H groups in total. The first-order valence-electron chi connectivity index (χ1n) is 11.9. The minimum atomic E-state index is -0.516.